The van der Waals surface area contributed by atoms with Crippen molar-refractivity contribution >= 4 is 16.8 Å². The molecule has 1 aromatic heterocycles. The molecule has 3 saturated heterocycles. The van der Waals surface area contributed by atoms with Crippen LogP contribution < -0.4 is 15.0 Å². The number of methoxy groups -OCH3 is 1. The number of quaternary nitrogens is 1. The quantitative estimate of drug-likeness (QED) is 0.752. The summed E-state index contributed by atoms with van der Waals surface area (Å²) in [5, 5.41) is 9.99. The van der Waals surface area contributed by atoms with Gasteiger partial charge in [-0.3, -0.25) is 9.89 Å². The minimum Gasteiger partial charge on any atom is -0.494 e. The van der Waals surface area contributed by atoms with Crippen LogP contribution in [0.25, 0.3) is 10.9 Å². The van der Waals surface area contributed by atoms with Crippen molar-refractivity contribution in [2.45, 2.75) is 18.9 Å². The van der Waals surface area contributed by atoms with E-state index < -0.39 is 5.82 Å². The molecule has 5 rings (SSSR count). The van der Waals surface area contributed by atoms with Crippen LogP contribution in [0.1, 0.15) is 23.3 Å². The molecule has 2 bridgehead atoms. The molecule has 1 amide bonds. The highest BCUT2D eigenvalue weighted by atomic mass is 19.1. The first kappa shape index (κ1) is 14.4. The summed E-state index contributed by atoms with van der Waals surface area (Å²) in [5.74, 6) is -0.230. The van der Waals surface area contributed by atoms with Crippen molar-refractivity contribution in [2.75, 3.05) is 26.7 Å². The summed E-state index contributed by atoms with van der Waals surface area (Å²) in [7, 11) is 1.40. The summed E-state index contributed by atoms with van der Waals surface area (Å²) in [4.78, 5) is 14.1. The Morgan fingerprint density at radius 1 is 1.43 bits per heavy atom. The molecular weight excluding hydrogens is 299 g/mol. The van der Waals surface area contributed by atoms with Gasteiger partial charge in [0.1, 0.15) is 0 Å². The number of nitrogens with zero attached hydrogens (tertiary/aromatic N) is 1. The van der Waals surface area contributed by atoms with E-state index in [1.807, 2.05) is 0 Å². The van der Waals surface area contributed by atoms with Gasteiger partial charge in [-0.25, -0.2) is 4.39 Å². The summed E-state index contributed by atoms with van der Waals surface area (Å²) in [6.45, 7) is 3.33. The van der Waals surface area contributed by atoms with E-state index in [0.717, 1.165) is 19.4 Å². The average molecular weight is 319 g/mol. The number of nitrogens with one attached hydrogen (secondary N) is 3. The van der Waals surface area contributed by atoms with Gasteiger partial charge in [0.15, 0.2) is 17.3 Å². The molecule has 122 valence electrons. The molecule has 0 radical (unpaired) electrons. The van der Waals surface area contributed by atoms with E-state index >= 15 is 0 Å². The van der Waals surface area contributed by atoms with Gasteiger partial charge in [-0.1, -0.05) is 0 Å². The number of amides is 1. The number of hydrogen-bond acceptors (Lipinski definition) is 3. The maximum absolute atomic E-state index is 14.5. The van der Waals surface area contributed by atoms with Gasteiger partial charge in [-0.15, -0.1) is 0 Å². The molecule has 1 atom stereocenters. The van der Waals surface area contributed by atoms with Gasteiger partial charge in [-0.2, -0.15) is 5.10 Å². The van der Waals surface area contributed by atoms with Crippen LogP contribution in [0.15, 0.2) is 12.1 Å². The maximum Gasteiger partial charge on any atom is 0.272 e. The SMILES string of the molecule is COc1ccc2[nH]nc(C(=O)N[C@@H]3C[NH+]4CCC3CC4)c2c1F. The number of H-pyrrole nitrogens is 1. The fourth-order valence-corrected chi connectivity index (χ4v) is 3.91. The van der Waals surface area contributed by atoms with Gasteiger partial charge in [0.05, 0.1) is 43.7 Å². The highest BCUT2D eigenvalue weighted by Gasteiger charge is 2.38. The summed E-state index contributed by atoms with van der Waals surface area (Å²) >= 11 is 0. The minimum absolute atomic E-state index is 0.0999. The molecule has 3 N–H and O–H groups in total. The number of hydrogen-bond donors (Lipinski definition) is 3. The van der Waals surface area contributed by atoms with Gasteiger partial charge in [-0.05, 0) is 18.1 Å². The van der Waals surface area contributed by atoms with Crippen LogP contribution in [0, 0.1) is 11.7 Å². The third-order valence-electron chi connectivity index (χ3n) is 5.20. The van der Waals surface area contributed by atoms with E-state index in [0.29, 0.717) is 11.4 Å². The highest BCUT2D eigenvalue weighted by molar-refractivity contribution is 6.05. The van der Waals surface area contributed by atoms with Crippen LogP contribution in [0.5, 0.6) is 5.75 Å². The number of carbonyl (C=O) groups is 1. The van der Waals surface area contributed by atoms with E-state index in [9.17, 15) is 9.18 Å². The first-order chi connectivity index (χ1) is 11.2. The average Bonchev–Trinajstić information content (AvgIpc) is 3.01. The molecule has 23 heavy (non-hydrogen) atoms. The summed E-state index contributed by atoms with van der Waals surface area (Å²) in [6.07, 6.45) is 2.29. The Balaban J connectivity index is 1.62. The molecule has 3 aliphatic heterocycles. The molecule has 0 aliphatic carbocycles. The molecule has 0 spiro atoms. The molecule has 6 nitrogen and oxygen atoms in total. The van der Waals surface area contributed by atoms with Gasteiger partial charge in [0.2, 0.25) is 0 Å². The van der Waals surface area contributed by atoms with Crippen molar-refractivity contribution in [1.82, 2.24) is 15.5 Å². The fourth-order valence-electron chi connectivity index (χ4n) is 3.91. The van der Waals surface area contributed by atoms with Crippen LogP contribution in [0.2, 0.25) is 0 Å². The molecule has 4 heterocycles. The van der Waals surface area contributed by atoms with Crippen LogP contribution in [0.3, 0.4) is 0 Å². The zero-order valence-corrected chi connectivity index (χ0v) is 13.0. The van der Waals surface area contributed by atoms with Crippen molar-refractivity contribution < 1.29 is 18.8 Å². The van der Waals surface area contributed by atoms with Crippen molar-refractivity contribution in [3.8, 4) is 5.75 Å². The van der Waals surface area contributed by atoms with Gasteiger partial charge >= 0.3 is 0 Å². The number of ether oxygens (including phenoxy) is 1. The minimum atomic E-state index is -0.552. The lowest BCUT2D eigenvalue weighted by Crippen LogP contribution is -3.17. The Hall–Kier alpha value is -2.15. The normalized spacial score (nSPS) is 26.4. The van der Waals surface area contributed by atoms with E-state index in [1.165, 1.54) is 31.2 Å². The number of aromatic nitrogens is 2. The predicted molar refractivity (Wildman–Crippen MR) is 82.1 cm³/mol. The molecule has 3 aliphatic rings. The van der Waals surface area contributed by atoms with E-state index in [2.05, 4.69) is 15.5 Å². The molecule has 7 heteroatoms. The first-order valence-corrected chi connectivity index (χ1v) is 8.02. The van der Waals surface area contributed by atoms with Crippen LogP contribution in [-0.2, 0) is 0 Å². The van der Waals surface area contributed by atoms with Gasteiger partial charge in [0, 0.05) is 12.8 Å². The molecular formula is C16H20FN4O2+. The van der Waals surface area contributed by atoms with E-state index in [1.54, 1.807) is 6.07 Å². The van der Waals surface area contributed by atoms with Crippen LogP contribution >= 0.6 is 0 Å². The van der Waals surface area contributed by atoms with E-state index in [4.69, 9.17) is 4.74 Å². The van der Waals surface area contributed by atoms with Crippen LogP contribution in [0.4, 0.5) is 4.39 Å². The Labute approximate surface area is 133 Å². The van der Waals surface area contributed by atoms with E-state index in [-0.39, 0.29) is 28.8 Å². The zero-order chi connectivity index (χ0) is 16.0. The molecule has 0 unspecified atom stereocenters. The smallest absolute Gasteiger partial charge is 0.272 e. The number of piperidine rings is 3. The third-order valence-corrected chi connectivity index (χ3v) is 5.20. The van der Waals surface area contributed by atoms with Gasteiger partial charge < -0.3 is 15.0 Å². The fraction of sp³-hybridized carbons (Fsp3) is 0.500. The maximum atomic E-state index is 14.5. The zero-order valence-electron chi connectivity index (χ0n) is 13.0. The van der Waals surface area contributed by atoms with Crippen molar-refractivity contribution in [3.63, 3.8) is 0 Å². The molecule has 0 saturated carbocycles. The number of benzene rings is 1. The Morgan fingerprint density at radius 3 is 2.87 bits per heavy atom. The second-order valence-corrected chi connectivity index (χ2v) is 6.45. The molecule has 3 fully saturated rings. The van der Waals surface area contributed by atoms with Crippen molar-refractivity contribution in [2.24, 2.45) is 5.92 Å². The van der Waals surface area contributed by atoms with Crippen molar-refractivity contribution in [1.29, 1.82) is 0 Å². The van der Waals surface area contributed by atoms with Gasteiger partial charge in [0.25, 0.3) is 5.91 Å². The Bertz CT molecular complexity index is 752. The molecule has 1 aromatic carbocycles. The lowest BCUT2D eigenvalue weighted by molar-refractivity contribution is -0.917. The first-order valence-electron chi connectivity index (χ1n) is 8.02. The largest absolute Gasteiger partial charge is 0.494 e. The second-order valence-electron chi connectivity index (χ2n) is 6.45. The number of halogens is 1. The number of aromatic amines is 1. The summed E-state index contributed by atoms with van der Waals surface area (Å²) in [6, 6.07) is 3.34. The Kier molecular flexibility index (Phi) is 3.45. The topological polar surface area (TPSA) is 71.4 Å². The number of carbonyl (C=O) groups excluding carboxylic acids is 1. The highest BCUT2D eigenvalue weighted by Crippen LogP contribution is 2.27. The third kappa shape index (κ3) is 2.35. The number of fused-ring (bicyclic) bond motifs is 4. The van der Waals surface area contributed by atoms with Crippen molar-refractivity contribution in [3.05, 3.63) is 23.6 Å². The molecule has 2 aromatic rings. The number of rotatable bonds is 3. The lowest BCUT2D eigenvalue weighted by Gasteiger charge is -2.41. The predicted octanol–water partition coefficient (Wildman–Crippen LogP) is 0.118. The lowest BCUT2D eigenvalue weighted by atomic mass is 9.84. The monoisotopic (exact) mass is 319 g/mol. The van der Waals surface area contributed by atoms with Crippen LogP contribution in [-0.4, -0.2) is 48.9 Å². The second kappa shape index (κ2) is 5.49. The Morgan fingerprint density at radius 2 is 2.22 bits per heavy atom. The summed E-state index contributed by atoms with van der Waals surface area (Å²) < 4.78 is 19.5. The standard InChI is InChI=1S/C16H19FN4O2/c1-23-12-3-2-10-13(14(12)17)15(20-19-10)16(22)18-11-8-21-6-4-9(11)5-7-21/h2-3,9,11H,4-8H2,1H3,(H,18,22)(H,19,20)/p+1/t11-/m1/s1. The summed E-state index contributed by atoms with van der Waals surface area (Å²) in [5.41, 5.74) is 0.593.